The molecule has 10 heavy (non-hydrogen) atoms. The van der Waals surface area contributed by atoms with Crippen LogP contribution in [-0.2, 0) is 0 Å². The monoisotopic (exact) mass is 137 g/mol. The maximum absolute atomic E-state index is 5.55. The van der Waals surface area contributed by atoms with E-state index in [4.69, 9.17) is 5.73 Å². The molecule has 2 N–H and O–H groups in total. The van der Waals surface area contributed by atoms with E-state index in [1.807, 2.05) is 0 Å². The lowest BCUT2D eigenvalue weighted by Crippen LogP contribution is -2.08. The summed E-state index contributed by atoms with van der Waals surface area (Å²) in [6.45, 7) is 7.24. The topological polar surface area (TPSA) is 26.0 Å². The summed E-state index contributed by atoms with van der Waals surface area (Å²) in [4.78, 5) is 0. The standard InChI is InChI=1S/C9H15N/c1-6-4-9(5-10)8(3)7(6)2/h4,8H,5,10H2,1-3H3. The van der Waals surface area contributed by atoms with Crippen LogP contribution < -0.4 is 5.73 Å². The second-order valence-electron chi connectivity index (χ2n) is 3.01. The van der Waals surface area contributed by atoms with E-state index >= 15 is 0 Å². The van der Waals surface area contributed by atoms with E-state index in [2.05, 4.69) is 26.8 Å². The first-order valence-corrected chi connectivity index (χ1v) is 3.74. The first kappa shape index (κ1) is 7.55. The predicted molar refractivity (Wildman–Crippen MR) is 44.7 cm³/mol. The number of rotatable bonds is 1. The molecule has 0 saturated carbocycles. The van der Waals surface area contributed by atoms with Crippen molar-refractivity contribution in [1.82, 2.24) is 0 Å². The molecule has 0 aromatic rings. The molecule has 56 valence electrons. The molecular weight excluding hydrogens is 122 g/mol. The van der Waals surface area contributed by atoms with E-state index < -0.39 is 0 Å². The number of nitrogens with two attached hydrogens (primary N) is 1. The number of allylic oxidation sites excluding steroid dienone is 3. The number of hydrogen-bond acceptors (Lipinski definition) is 1. The van der Waals surface area contributed by atoms with E-state index in [0.717, 1.165) is 0 Å². The Bertz CT molecular complexity index is 199. The van der Waals surface area contributed by atoms with Gasteiger partial charge in [0, 0.05) is 6.54 Å². The van der Waals surface area contributed by atoms with E-state index in [1.54, 1.807) is 0 Å². The van der Waals surface area contributed by atoms with Crippen LogP contribution in [0.25, 0.3) is 0 Å². The summed E-state index contributed by atoms with van der Waals surface area (Å²) < 4.78 is 0. The lowest BCUT2D eigenvalue weighted by atomic mass is 9.99. The third-order valence-corrected chi connectivity index (χ3v) is 2.47. The van der Waals surface area contributed by atoms with Crippen molar-refractivity contribution in [2.45, 2.75) is 20.8 Å². The second-order valence-corrected chi connectivity index (χ2v) is 3.01. The van der Waals surface area contributed by atoms with Crippen molar-refractivity contribution in [3.8, 4) is 0 Å². The van der Waals surface area contributed by atoms with Gasteiger partial charge < -0.3 is 5.73 Å². The van der Waals surface area contributed by atoms with Crippen molar-refractivity contribution in [2.75, 3.05) is 6.54 Å². The van der Waals surface area contributed by atoms with Crippen molar-refractivity contribution >= 4 is 0 Å². The minimum absolute atomic E-state index is 0.588. The molecule has 1 aliphatic rings. The summed E-state index contributed by atoms with van der Waals surface area (Å²) in [5, 5.41) is 0. The highest BCUT2D eigenvalue weighted by atomic mass is 14.5. The van der Waals surface area contributed by atoms with Gasteiger partial charge in [0.2, 0.25) is 0 Å². The van der Waals surface area contributed by atoms with Crippen molar-refractivity contribution < 1.29 is 0 Å². The van der Waals surface area contributed by atoms with Gasteiger partial charge in [0.15, 0.2) is 0 Å². The molecule has 1 rings (SSSR count). The van der Waals surface area contributed by atoms with E-state index in [9.17, 15) is 0 Å². The van der Waals surface area contributed by atoms with Crippen molar-refractivity contribution in [2.24, 2.45) is 11.7 Å². The van der Waals surface area contributed by atoms with Crippen LogP contribution in [0.4, 0.5) is 0 Å². The van der Waals surface area contributed by atoms with Crippen LogP contribution in [0.15, 0.2) is 22.8 Å². The van der Waals surface area contributed by atoms with Gasteiger partial charge in [-0.1, -0.05) is 24.1 Å². The van der Waals surface area contributed by atoms with Crippen LogP contribution in [-0.4, -0.2) is 6.54 Å². The fourth-order valence-electron chi connectivity index (χ4n) is 1.37. The highest BCUT2D eigenvalue weighted by molar-refractivity contribution is 5.39. The zero-order valence-corrected chi connectivity index (χ0v) is 6.94. The molecule has 1 nitrogen and oxygen atoms in total. The summed E-state index contributed by atoms with van der Waals surface area (Å²) in [6, 6.07) is 0. The van der Waals surface area contributed by atoms with Gasteiger partial charge in [-0.2, -0.15) is 0 Å². The van der Waals surface area contributed by atoms with Crippen LogP contribution in [0, 0.1) is 5.92 Å². The molecule has 0 heterocycles. The average Bonchev–Trinajstić information content (AvgIpc) is 2.17. The maximum atomic E-state index is 5.55. The Balaban J connectivity index is 2.84. The molecule has 0 fully saturated rings. The van der Waals surface area contributed by atoms with Crippen molar-refractivity contribution in [3.05, 3.63) is 22.8 Å². The maximum Gasteiger partial charge on any atom is 0.0145 e. The van der Waals surface area contributed by atoms with Crippen LogP contribution in [0.3, 0.4) is 0 Å². The zero-order valence-electron chi connectivity index (χ0n) is 6.94. The third kappa shape index (κ3) is 1.01. The molecule has 1 unspecified atom stereocenters. The SMILES string of the molecule is CC1=C(C)C(C)C(CN)=C1. The quantitative estimate of drug-likeness (QED) is 0.586. The molecule has 0 aliphatic heterocycles. The Labute approximate surface area is 62.6 Å². The third-order valence-electron chi connectivity index (χ3n) is 2.47. The molecule has 0 aromatic heterocycles. The summed E-state index contributed by atoms with van der Waals surface area (Å²) in [7, 11) is 0. The minimum Gasteiger partial charge on any atom is -0.327 e. The Kier molecular flexibility index (Phi) is 1.95. The number of hydrogen-bond donors (Lipinski definition) is 1. The normalized spacial score (nSPS) is 25.6. The summed E-state index contributed by atoms with van der Waals surface area (Å²) >= 11 is 0. The first-order valence-electron chi connectivity index (χ1n) is 3.74. The van der Waals surface area contributed by atoms with Crippen molar-refractivity contribution in [1.29, 1.82) is 0 Å². The summed E-state index contributed by atoms with van der Waals surface area (Å²) in [6.07, 6.45) is 2.21. The average molecular weight is 137 g/mol. The fraction of sp³-hybridized carbons (Fsp3) is 0.556. The molecule has 0 aromatic carbocycles. The lowest BCUT2D eigenvalue weighted by Gasteiger charge is -2.08. The van der Waals surface area contributed by atoms with E-state index in [1.165, 1.54) is 16.7 Å². The van der Waals surface area contributed by atoms with Crippen LogP contribution in [0.2, 0.25) is 0 Å². The summed E-state index contributed by atoms with van der Waals surface area (Å²) in [5.74, 6) is 0.588. The molecule has 1 heteroatoms. The highest BCUT2D eigenvalue weighted by Crippen LogP contribution is 2.29. The minimum atomic E-state index is 0.588. The first-order chi connectivity index (χ1) is 4.66. The van der Waals surface area contributed by atoms with E-state index in [-0.39, 0.29) is 0 Å². The Morgan fingerprint density at radius 2 is 2.10 bits per heavy atom. The zero-order chi connectivity index (χ0) is 7.72. The second kappa shape index (κ2) is 2.59. The van der Waals surface area contributed by atoms with Crippen molar-refractivity contribution in [3.63, 3.8) is 0 Å². The Morgan fingerprint density at radius 1 is 1.50 bits per heavy atom. The van der Waals surface area contributed by atoms with Gasteiger partial charge in [-0.3, -0.25) is 0 Å². The van der Waals surface area contributed by atoms with E-state index in [0.29, 0.717) is 12.5 Å². The Morgan fingerprint density at radius 3 is 2.30 bits per heavy atom. The molecule has 0 amide bonds. The van der Waals surface area contributed by atoms with Crippen LogP contribution in [0.1, 0.15) is 20.8 Å². The molecule has 0 saturated heterocycles. The van der Waals surface area contributed by atoms with Gasteiger partial charge >= 0.3 is 0 Å². The van der Waals surface area contributed by atoms with Gasteiger partial charge in [-0.25, -0.2) is 0 Å². The molecule has 0 bridgehead atoms. The van der Waals surface area contributed by atoms with Gasteiger partial charge in [-0.05, 0) is 25.3 Å². The molecular formula is C9H15N. The molecule has 0 spiro atoms. The van der Waals surface area contributed by atoms with Gasteiger partial charge in [0.05, 0.1) is 0 Å². The van der Waals surface area contributed by atoms with Crippen LogP contribution in [0.5, 0.6) is 0 Å². The fourth-order valence-corrected chi connectivity index (χ4v) is 1.37. The van der Waals surface area contributed by atoms with Gasteiger partial charge in [0.1, 0.15) is 0 Å². The summed E-state index contributed by atoms with van der Waals surface area (Å²) in [5.41, 5.74) is 9.79. The molecule has 1 aliphatic carbocycles. The molecule has 1 atom stereocenters. The predicted octanol–water partition coefficient (Wildman–Crippen LogP) is 1.86. The van der Waals surface area contributed by atoms with Crippen LogP contribution >= 0.6 is 0 Å². The van der Waals surface area contributed by atoms with Gasteiger partial charge in [0.25, 0.3) is 0 Å². The Hall–Kier alpha value is -0.560. The van der Waals surface area contributed by atoms with Gasteiger partial charge in [-0.15, -0.1) is 0 Å². The largest absolute Gasteiger partial charge is 0.327 e. The highest BCUT2D eigenvalue weighted by Gasteiger charge is 2.16. The lowest BCUT2D eigenvalue weighted by molar-refractivity contribution is 0.792. The smallest absolute Gasteiger partial charge is 0.0145 e. The molecule has 0 radical (unpaired) electrons.